The summed E-state index contributed by atoms with van der Waals surface area (Å²) in [7, 11) is 2.28. The number of fused-ring (bicyclic) bond motifs is 5. The number of hydrogen-bond donors (Lipinski definition) is 0. The maximum atomic E-state index is 6.23. The normalized spacial score (nSPS) is 25.0. The SMILES string of the molecule is CN1C2C=C(c3cccc4c3oc3ccccc34)CC1CCC2. The minimum Gasteiger partial charge on any atom is -0.455 e. The quantitative estimate of drug-likeness (QED) is 0.612. The lowest BCUT2D eigenvalue weighted by molar-refractivity contribution is 0.137. The zero-order chi connectivity index (χ0) is 15.4. The molecule has 1 saturated heterocycles. The van der Waals surface area contributed by atoms with Crippen LogP contribution in [0.15, 0.2) is 53.0 Å². The van der Waals surface area contributed by atoms with Crippen LogP contribution >= 0.6 is 0 Å². The molecule has 0 saturated carbocycles. The van der Waals surface area contributed by atoms with Crippen LogP contribution < -0.4 is 0 Å². The predicted molar refractivity (Wildman–Crippen MR) is 95.5 cm³/mol. The first kappa shape index (κ1) is 13.4. The van der Waals surface area contributed by atoms with Crippen molar-refractivity contribution < 1.29 is 4.42 Å². The predicted octanol–water partition coefficient (Wildman–Crippen LogP) is 5.23. The second-order valence-corrected chi connectivity index (χ2v) is 6.99. The molecule has 1 aromatic heterocycles. The van der Waals surface area contributed by atoms with E-state index in [1.165, 1.54) is 41.2 Å². The highest BCUT2D eigenvalue weighted by Gasteiger charge is 2.32. The van der Waals surface area contributed by atoms with Gasteiger partial charge in [-0.25, -0.2) is 0 Å². The van der Waals surface area contributed by atoms with Crippen molar-refractivity contribution in [2.24, 2.45) is 0 Å². The van der Waals surface area contributed by atoms with Crippen LogP contribution in [0.2, 0.25) is 0 Å². The topological polar surface area (TPSA) is 16.4 Å². The molecule has 3 aromatic rings. The third-order valence-corrected chi connectivity index (χ3v) is 5.74. The van der Waals surface area contributed by atoms with Crippen molar-refractivity contribution in [3.8, 4) is 0 Å². The number of likely N-dealkylation sites (N-methyl/N-ethyl adjacent to an activating group) is 1. The number of nitrogens with zero attached hydrogens (tertiary/aromatic N) is 1. The summed E-state index contributed by atoms with van der Waals surface area (Å²) in [6, 6.07) is 16.2. The lowest BCUT2D eigenvalue weighted by Crippen LogP contribution is -2.45. The van der Waals surface area contributed by atoms with E-state index in [1.807, 2.05) is 6.07 Å². The average molecular weight is 303 g/mol. The summed E-state index contributed by atoms with van der Waals surface area (Å²) in [5, 5.41) is 2.46. The summed E-state index contributed by atoms with van der Waals surface area (Å²) < 4.78 is 6.23. The molecule has 2 atom stereocenters. The van der Waals surface area contributed by atoms with Crippen LogP contribution in [0.5, 0.6) is 0 Å². The highest BCUT2D eigenvalue weighted by atomic mass is 16.3. The second-order valence-electron chi connectivity index (χ2n) is 6.99. The van der Waals surface area contributed by atoms with Crippen molar-refractivity contribution in [1.29, 1.82) is 0 Å². The fraction of sp³-hybridized carbons (Fsp3) is 0.333. The lowest BCUT2D eigenvalue weighted by atomic mass is 9.83. The molecule has 0 aliphatic carbocycles. The molecule has 1 fully saturated rings. The Kier molecular flexibility index (Phi) is 2.89. The number of rotatable bonds is 1. The Balaban J connectivity index is 1.71. The Labute approximate surface area is 136 Å². The third-order valence-electron chi connectivity index (χ3n) is 5.74. The molecule has 5 rings (SSSR count). The van der Waals surface area contributed by atoms with Gasteiger partial charge in [0.25, 0.3) is 0 Å². The van der Waals surface area contributed by atoms with Crippen LogP contribution in [-0.4, -0.2) is 24.0 Å². The first-order valence-electron chi connectivity index (χ1n) is 8.64. The first-order valence-corrected chi connectivity index (χ1v) is 8.64. The summed E-state index contributed by atoms with van der Waals surface area (Å²) in [6.45, 7) is 0. The molecular formula is C21H21NO. The molecule has 0 amide bonds. The summed E-state index contributed by atoms with van der Waals surface area (Å²) in [6.07, 6.45) is 7.59. The molecule has 2 aromatic carbocycles. The molecular weight excluding hydrogens is 282 g/mol. The number of piperidine rings is 1. The van der Waals surface area contributed by atoms with Crippen LogP contribution in [0, 0.1) is 0 Å². The molecule has 2 bridgehead atoms. The van der Waals surface area contributed by atoms with E-state index >= 15 is 0 Å². The molecule has 0 spiro atoms. The third kappa shape index (κ3) is 1.98. The van der Waals surface area contributed by atoms with E-state index in [0.717, 1.165) is 17.6 Å². The molecule has 3 heterocycles. The molecule has 116 valence electrons. The Hall–Kier alpha value is -2.06. The van der Waals surface area contributed by atoms with Crippen molar-refractivity contribution in [2.45, 2.75) is 37.8 Å². The summed E-state index contributed by atoms with van der Waals surface area (Å²) in [4.78, 5) is 2.56. The van der Waals surface area contributed by atoms with E-state index in [1.54, 1.807) is 0 Å². The fourth-order valence-electron chi connectivity index (χ4n) is 4.44. The van der Waals surface area contributed by atoms with Gasteiger partial charge in [0.2, 0.25) is 0 Å². The van der Waals surface area contributed by atoms with Crippen molar-refractivity contribution in [3.63, 3.8) is 0 Å². The largest absolute Gasteiger partial charge is 0.455 e. The number of benzene rings is 2. The lowest BCUT2D eigenvalue weighted by Gasteiger charge is -2.42. The Morgan fingerprint density at radius 1 is 1.00 bits per heavy atom. The van der Waals surface area contributed by atoms with Crippen molar-refractivity contribution in [2.75, 3.05) is 7.05 Å². The van der Waals surface area contributed by atoms with E-state index in [9.17, 15) is 0 Å². The number of para-hydroxylation sites is 2. The molecule has 2 unspecified atom stereocenters. The molecule has 0 radical (unpaired) electrons. The van der Waals surface area contributed by atoms with Gasteiger partial charge in [0, 0.05) is 28.4 Å². The van der Waals surface area contributed by atoms with Gasteiger partial charge in [-0.2, -0.15) is 0 Å². The molecule has 0 N–H and O–H groups in total. The summed E-state index contributed by atoms with van der Waals surface area (Å²) in [5.74, 6) is 0. The maximum Gasteiger partial charge on any atom is 0.142 e. The molecule has 2 heteroatoms. The molecule has 2 nitrogen and oxygen atoms in total. The fourth-order valence-corrected chi connectivity index (χ4v) is 4.44. The van der Waals surface area contributed by atoms with Crippen LogP contribution in [0.3, 0.4) is 0 Å². The van der Waals surface area contributed by atoms with Gasteiger partial charge < -0.3 is 4.42 Å². The van der Waals surface area contributed by atoms with E-state index in [0.29, 0.717) is 12.1 Å². The second kappa shape index (κ2) is 4.97. The number of furan rings is 1. The van der Waals surface area contributed by atoms with Gasteiger partial charge in [-0.15, -0.1) is 0 Å². The van der Waals surface area contributed by atoms with Crippen LogP contribution in [0.25, 0.3) is 27.5 Å². The van der Waals surface area contributed by atoms with E-state index in [4.69, 9.17) is 4.42 Å². The van der Waals surface area contributed by atoms with Gasteiger partial charge in [-0.3, -0.25) is 4.90 Å². The Bertz CT molecular complexity index is 920. The van der Waals surface area contributed by atoms with Gasteiger partial charge in [0.05, 0.1) is 0 Å². The van der Waals surface area contributed by atoms with Crippen molar-refractivity contribution in [1.82, 2.24) is 4.90 Å². The first-order chi connectivity index (χ1) is 11.3. The molecule has 23 heavy (non-hydrogen) atoms. The summed E-state index contributed by atoms with van der Waals surface area (Å²) >= 11 is 0. The minimum atomic E-state index is 0.595. The Morgan fingerprint density at radius 2 is 1.87 bits per heavy atom. The maximum absolute atomic E-state index is 6.23. The van der Waals surface area contributed by atoms with Gasteiger partial charge in [-0.05, 0) is 37.9 Å². The number of hydrogen-bond acceptors (Lipinski definition) is 2. The van der Waals surface area contributed by atoms with E-state index in [-0.39, 0.29) is 0 Å². The average Bonchev–Trinajstić information content (AvgIpc) is 2.93. The standard InChI is InChI=1S/C21H21NO/c1-22-15-6-4-7-16(22)13-14(12-15)17-9-5-10-19-18-8-2-3-11-20(18)23-21(17)19/h2-3,5,8-12,15-16H,4,6-7,13H2,1H3. The van der Waals surface area contributed by atoms with Gasteiger partial charge in [0.1, 0.15) is 11.2 Å². The van der Waals surface area contributed by atoms with Crippen LogP contribution in [0.1, 0.15) is 31.2 Å². The van der Waals surface area contributed by atoms with Crippen LogP contribution in [0.4, 0.5) is 0 Å². The van der Waals surface area contributed by atoms with Gasteiger partial charge in [-0.1, -0.05) is 48.9 Å². The Morgan fingerprint density at radius 3 is 2.78 bits per heavy atom. The zero-order valence-corrected chi connectivity index (χ0v) is 13.5. The monoisotopic (exact) mass is 303 g/mol. The minimum absolute atomic E-state index is 0.595. The van der Waals surface area contributed by atoms with Crippen molar-refractivity contribution in [3.05, 3.63) is 54.1 Å². The van der Waals surface area contributed by atoms with Crippen LogP contribution in [-0.2, 0) is 0 Å². The highest BCUT2D eigenvalue weighted by molar-refractivity contribution is 6.08. The van der Waals surface area contributed by atoms with E-state index in [2.05, 4.69) is 54.4 Å². The zero-order valence-electron chi connectivity index (χ0n) is 13.5. The molecule has 2 aliphatic heterocycles. The van der Waals surface area contributed by atoms with Gasteiger partial charge in [0.15, 0.2) is 0 Å². The molecule has 2 aliphatic rings. The van der Waals surface area contributed by atoms with E-state index < -0.39 is 0 Å². The van der Waals surface area contributed by atoms with Crippen molar-refractivity contribution >= 4 is 27.5 Å². The highest BCUT2D eigenvalue weighted by Crippen LogP contribution is 2.40. The summed E-state index contributed by atoms with van der Waals surface area (Å²) in [5.41, 5.74) is 4.82. The smallest absolute Gasteiger partial charge is 0.142 e. The van der Waals surface area contributed by atoms with Gasteiger partial charge >= 0.3 is 0 Å².